The first-order valence-corrected chi connectivity index (χ1v) is 2.98. The molecule has 0 unspecified atom stereocenters. The van der Waals surface area contributed by atoms with Gasteiger partial charge < -0.3 is 5.11 Å². The zero-order valence-electron chi connectivity index (χ0n) is 5.66. The molecular weight excluding hydrogens is 148 g/mol. The molecule has 0 amide bonds. The van der Waals surface area contributed by atoms with Crippen LogP contribution in [0.5, 0.6) is 0 Å². The molecule has 0 saturated heterocycles. The lowest BCUT2D eigenvalue weighted by Crippen LogP contribution is -2.51. The summed E-state index contributed by atoms with van der Waals surface area (Å²) in [4.78, 5) is 10.2. The van der Waals surface area contributed by atoms with Crippen LogP contribution in [-0.2, 0) is 4.79 Å². The van der Waals surface area contributed by atoms with E-state index in [1.807, 2.05) is 0 Å². The predicted octanol–water partition coefficient (Wildman–Crippen LogP) is -1.11. The Morgan fingerprint density at radius 3 is 2.91 bits per heavy atom. The van der Waals surface area contributed by atoms with Crippen molar-refractivity contribution in [3.63, 3.8) is 0 Å². The quantitative estimate of drug-likeness (QED) is 0.264. The van der Waals surface area contributed by atoms with Crippen LogP contribution in [0.2, 0.25) is 0 Å². The largest absolute Gasteiger partial charge is 0.475 e. The van der Waals surface area contributed by atoms with Crippen molar-refractivity contribution < 1.29 is 9.90 Å². The van der Waals surface area contributed by atoms with Gasteiger partial charge in [-0.05, 0) is 0 Å². The van der Waals surface area contributed by atoms with Crippen molar-refractivity contribution in [2.75, 3.05) is 6.54 Å². The number of carbonyl (C=O) groups is 1. The van der Waals surface area contributed by atoms with E-state index in [-0.39, 0.29) is 0 Å². The molecule has 0 fully saturated rings. The molecule has 0 atom stereocenters. The fraction of sp³-hybridized carbons (Fsp3) is 0.200. The highest BCUT2D eigenvalue weighted by atomic mass is 16.4. The fourth-order valence-corrected chi connectivity index (χ4v) is 0.619. The third-order valence-corrected chi connectivity index (χ3v) is 1.12. The highest BCUT2D eigenvalue weighted by Crippen LogP contribution is 1.89. The Balaban J connectivity index is 2.59. The van der Waals surface area contributed by atoms with Crippen LogP contribution in [0.1, 0.15) is 0 Å². The van der Waals surface area contributed by atoms with Gasteiger partial charge >= 0.3 is 5.97 Å². The predicted molar refractivity (Wildman–Crippen MR) is 37.5 cm³/mol. The van der Waals surface area contributed by atoms with Gasteiger partial charge in [-0.3, -0.25) is 5.41 Å². The van der Waals surface area contributed by atoms with Gasteiger partial charge in [0, 0.05) is 12.7 Å². The van der Waals surface area contributed by atoms with Crippen LogP contribution in [0.3, 0.4) is 0 Å². The number of nitrogens with one attached hydrogen (secondary N) is 3. The van der Waals surface area contributed by atoms with Gasteiger partial charge in [-0.1, -0.05) is 6.08 Å². The number of hydrogen-bond donors (Lipinski definition) is 4. The molecule has 0 aliphatic carbocycles. The summed E-state index contributed by atoms with van der Waals surface area (Å²) in [6.07, 6.45) is 3.18. The first-order chi connectivity index (χ1) is 5.22. The molecule has 6 heteroatoms. The Hall–Kier alpha value is -1.40. The molecule has 0 saturated carbocycles. The second-order valence-electron chi connectivity index (χ2n) is 1.90. The van der Waals surface area contributed by atoms with Crippen molar-refractivity contribution in [1.82, 2.24) is 16.0 Å². The molecule has 1 rings (SSSR count). The summed E-state index contributed by atoms with van der Waals surface area (Å²) in [6.45, 7) is 0.614. The second kappa shape index (κ2) is 3.13. The molecule has 0 aromatic heterocycles. The van der Waals surface area contributed by atoms with Gasteiger partial charge in [0.2, 0.25) is 5.84 Å². The molecule has 1 heterocycles. The second-order valence-corrected chi connectivity index (χ2v) is 1.90. The number of hydrazine groups is 2. The van der Waals surface area contributed by atoms with Crippen LogP contribution >= 0.6 is 0 Å². The van der Waals surface area contributed by atoms with Crippen LogP contribution in [-0.4, -0.2) is 28.5 Å². The van der Waals surface area contributed by atoms with Crippen molar-refractivity contribution in [2.24, 2.45) is 0 Å². The van der Waals surface area contributed by atoms with Gasteiger partial charge in [0.25, 0.3) is 0 Å². The molecule has 0 aromatic rings. The molecule has 0 radical (unpaired) electrons. The molecule has 0 bridgehead atoms. The molecule has 0 aromatic carbocycles. The molecular formula is C5H8N4O2. The van der Waals surface area contributed by atoms with Crippen molar-refractivity contribution in [1.29, 1.82) is 5.41 Å². The minimum absolute atomic E-state index is 0.520. The van der Waals surface area contributed by atoms with E-state index in [2.05, 4.69) is 11.0 Å². The Morgan fingerprint density at radius 2 is 2.45 bits per heavy atom. The molecule has 6 nitrogen and oxygen atoms in total. The number of nitrogens with zero attached hydrogens (tertiary/aromatic N) is 1. The molecule has 60 valence electrons. The van der Waals surface area contributed by atoms with Gasteiger partial charge in [0.1, 0.15) is 0 Å². The average molecular weight is 156 g/mol. The molecule has 1 aliphatic rings. The normalized spacial score (nSPS) is 16.5. The van der Waals surface area contributed by atoms with Gasteiger partial charge in [-0.2, -0.15) is 5.53 Å². The third kappa shape index (κ3) is 1.76. The number of hydrogen-bond acceptors (Lipinski definition) is 4. The van der Waals surface area contributed by atoms with Crippen LogP contribution in [0.25, 0.3) is 0 Å². The summed E-state index contributed by atoms with van der Waals surface area (Å²) in [7, 11) is 0. The molecule has 1 aliphatic heterocycles. The van der Waals surface area contributed by atoms with Gasteiger partial charge in [0.15, 0.2) is 0 Å². The summed E-state index contributed by atoms with van der Waals surface area (Å²) in [5, 5.41) is 16.5. The van der Waals surface area contributed by atoms with Gasteiger partial charge in [0.05, 0.1) is 0 Å². The summed E-state index contributed by atoms with van der Waals surface area (Å²) >= 11 is 0. The SMILES string of the molecule is N=C(C(=O)O)N1C=CCNN1. The first kappa shape index (κ1) is 7.70. The van der Waals surface area contributed by atoms with Gasteiger partial charge in [-0.25, -0.2) is 15.2 Å². The maximum Gasteiger partial charge on any atom is 0.372 e. The van der Waals surface area contributed by atoms with E-state index in [4.69, 9.17) is 10.5 Å². The Bertz CT molecular complexity index is 213. The Morgan fingerprint density at radius 1 is 1.73 bits per heavy atom. The minimum Gasteiger partial charge on any atom is -0.475 e. The average Bonchev–Trinajstić information content (AvgIpc) is 2.05. The van der Waals surface area contributed by atoms with Crippen LogP contribution in [0, 0.1) is 5.41 Å². The van der Waals surface area contributed by atoms with Crippen molar-refractivity contribution in [3.8, 4) is 0 Å². The van der Waals surface area contributed by atoms with Crippen molar-refractivity contribution in [2.45, 2.75) is 0 Å². The lowest BCUT2D eigenvalue weighted by Gasteiger charge is -2.22. The van der Waals surface area contributed by atoms with E-state index in [0.29, 0.717) is 6.54 Å². The highest BCUT2D eigenvalue weighted by molar-refractivity contribution is 6.33. The standard InChI is InChI=1S/C5H8N4O2/c6-4(5(10)11)9-3-1-2-7-8-9/h1,3,6-8H,2H2,(H,10,11). The fourth-order valence-electron chi connectivity index (χ4n) is 0.619. The summed E-state index contributed by atoms with van der Waals surface area (Å²) in [6, 6.07) is 0. The lowest BCUT2D eigenvalue weighted by atomic mass is 10.5. The van der Waals surface area contributed by atoms with Crippen molar-refractivity contribution >= 4 is 11.8 Å². The van der Waals surface area contributed by atoms with Crippen LogP contribution in [0.15, 0.2) is 12.3 Å². The van der Waals surface area contributed by atoms with E-state index >= 15 is 0 Å². The number of amidine groups is 1. The lowest BCUT2D eigenvalue weighted by molar-refractivity contribution is -0.130. The minimum atomic E-state index is -1.27. The zero-order valence-corrected chi connectivity index (χ0v) is 5.66. The summed E-state index contributed by atoms with van der Waals surface area (Å²) < 4.78 is 0. The number of rotatable bonds is 0. The van der Waals surface area contributed by atoms with Crippen LogP contribution < -0.4 is 11.0 Å². The van der Waals surface area contributed by atoms with Crippen molar-refractivity contribution in [3.05, 3.63) is 12.3 Å². The first-order valence-electron chi connectivity index (χ1n) is 2.98. The topological polar surface area (TPSA) is 88.5 Å². The van der Waals surface area contributed by atoms with E-state index in [0.717, 1.165) is 5.01 Å². The molecule has 0 spiro atoms. The third-order valence-electron chi connectivity index (χ3n) is 1.12. The smallest absolute Gasteiger partial charge is 0.372 e. The molecule has 4 N–H and O–H groups in total. The van der Waals surface area contributed by atoms with E-state index < -0.39 is 11.8 Å². The van der Waals surface area contributed by atoms with E-state index in [9.17, 15) is 4.79 Å². The summed E-state index contributed by atoms with van der Waals surface area (Å²) in [5.41, 5.74) is 5.15. The Labute approximate surface area is 62.9 Å². The molecule has 11 heavy (non-hydrogen) atoms. The van der Waals surface area contributed by atoms with E-state index in [1.54, 1.807) is 6.08 Å². The Kier molecular flexibility index (Phi) is 2.19. The zero-order chi connectivity index (χ0) is 8.27. The summed E-state index contributed by atoms with van der Waals surface area (Å²) in [5.74, 6) is -1.79. The number of carboxylic acids is 1. The number of carboxylic acid groups (broad SMARTS) is 1. The number of aliphatic carboxylic acids is 1. The van der Waals surface area contributed by atoms with Crippen LogP contribution in [0.4, 0.5) is 0 Å². The maximum absolute atomic E-state index is 10.2. The monoisotopic (exact) mass is 156 g/mol. The van der Waals surface area contributed by atoms with E-state index in [1.165, 1.54) is 6.20 Å². The maximum atomic E-state index is 10.2. The highest BCUT2D eigenvalue weighted by Gasteiger charge is 2.14. The van der Waals surface area contributed by atoms with Gasteiger partial charge in [-0.15, -0.1) is 0 Å².